The zero-order chi connectivity index (χ0) is 14.0. The lowest BCUT2D eigenvalue weighted by Gasteiger charge is -2.02. The van der Waals surface area contributed by atoms with Crippen LogP contribution >= 0.6 is 11.3 Å². The number of nitro benzene ring substituents is 1. The molecule has 0 bridgehead atoms. The molecule has 0 aliphatic heterocycles. The van der Waals surface area contributed by atoms with Gasteiger partial charge in [0.2, 0.25) is 0 Å². The highest BCUT2D eigenvalue weighted by Crippen LogP contribution is 2.24. The highest BCUT2D eigenvalue weighted by atomic mass is 32.1. The number of nitro groups is 1. The van der Waals surface area contributed by atoms with Crippen molar-refractivity contribution in [2.75, 3.05) is 0 Å². The van der Waals surface area contributed by atoms with Gasteiger partial charge in [-0.05, 0) is 28.5 Å². The Labute approximate surface area is 110 Å². The van der Waals surface area contributed by atoms with Gasteiger partial charge in [-0.25, -0.2) is 8.78 Å². The lowest BCUT2D eigenvalue weighted by atomic mass is 10.0. The van der Waals surface area contributed by atoms with Gasteiger partial charge < -0.3 is 0 Å². The van der Waals surface area contributed by atoms with Gasteiger partial charge in [0.1, 0.15) is 0 Å². The summed E-state index contributed by atoms with van der Waals surface area (Å²) in [5, 5.41) is 14.2. The van der Waals surface area contributed by atoms with E-state index in [0.29, 0.717) is 17.7 Å². The molecular weight excluding hydrogens is 276 g/mol. The molecule has 98 valence electrons. The number of hydrogen-bond donors (Lipinski definition) is 0. The minimum atomic E-state index is -1.35. The van der Waals surface area contributed by atoms with E-state index >= 15 is 0 Å². The fourth-order valence-electron chi connectivity index (χ4n) is 1.58. The molecule has 2 rings (SSSR count). The molecule has 0 amide bonds. The van der Waals surface area contributed by atoms with Gasteiger partial charge in [-0.2, -0.15) is 11.3 Å². The summed E-state index contributed by atoms with van der Waals surface area (Å²) < 4.78 is 26.1. The van der Waals surface area contributed by atoms with Gasteiger partial charge in [0.05, 0.1) is 16.6 Å². The van der Waals surface area contributed by atoms with E-state index in [9.17, 15) is 23.7 Å². The van der Waals surface area contributed by atoms with Crippen molar-refractivity contribution in [2.45, 2.75) is 6.42 Å². The molecule has 0 N–H and O–H groups in total. The zero-order valence-electron chi connectivity index (χ0n) is 9.43. The normalized spacial score (nSPS) is 10.4. The molecule has 7 heteroatoms. The minimum absolute atomic E-state index is 0.0879. The third-order valence-electron chi connectivity index (χ3n) is 2.48. The first-order chi connectivity index (χ1) is 8.99. The number of hydrogen-bond acceptors (Lipinski definition) is 4. The van der Waals surface area contributed by atoms with Crippen molar-refractivity contribution in [2.24, 2.45) is 0 Å². The smallest absolute Gasteiger partial charge is 0.283 e. The van der Waals surface area contributed by atoms with E-state index in [1.54, 1.807) is 16.8 Å². The Morgan fingerprint density at radius 2 is 2.00 bits per heavy atom. The molecule has 1 aromatic carbocycles. The van der Waals surface area contributed by atoms with Crippen LogP contribution in [0.2, 0.25) is 0 Å². The second kappa shape index (κ2) is 5.23. The predicted octanol–water partition coefficient (Wildman–Crippen LogP) is 3.36. The van der Waals surface area contributed by atoms with E-state index in [2.05, 4.69) is 0 Å². The number of halogens is 2. The number of thiophene rings is 1. The van der Waals surface area contributed by atoms with Crippen molar-refractivity contribution in [3.8, 4) is 0 Å². The van der Waals surface area contributed by atoms with Crippen molar-refractivity contribution >= 4 is 22.8 Å². The summed E-state index contributed by atoms with van der Waals surface area (Å²) in [6.07, 6.45) is -0.0879. The van der Waals surface area contributed by atoms with Crippen LogP contribution in [0.3, 0.4) is 0 Å². The van der Waals surface area contributed by atoms with Gasteiger partial charge in [0.25, 0.3) is 5.69 Å². The third-order valence-corrected chi connectivity index (χ3v) is 3.21. The maximum atomic E-state index is 13.1. The first-order valence-corrected chi connectivity index (χ1v) is 6.11. The van der Waals surface area contributed by atoms with Crippen LogP contribution in [0.15, 0.2) is 29.0 Å². The van der Waals surface area contributed by atoms with Crippen LogP contribution in [0.25, 0.3) is 0 Å². The molecule has 0 saturated heterocycles. The molecule has 0 aliphatic carbocycles. The van der Waals surface area contributed by atoms with Crippen molar-refractivity contribution in [3.05, 3.63) is 61.8 Å². The number of benzene rings is 1. The topological polar surface area (TPSA) is 60.2 Å². The summed E-state index contributed by atoms with van der Waals surface area (Å²) in [5.74, 6) is -3.25. The summed E-state index contributed by atoms with van der Waals surface area (Å²) in [7, 11) is 0. The maximum Gasteiger partial charge on any atom is 0.283 e. The van der Waals surface area contributed by atoms with Gasteiger partial charge in [0, 0.05) is 6.42 Å². The van der Waals surface area contributed by atoms with Gasteiger partial charge in [-0.1, -0.05) is 0 Å². The molecule has 1 aromatic heterocycles. The van der Waals surface area contributed by atoms with Gasteiger partial charge in [-0.3, -0.25) is 14.9 Å². The first-order valence-electron chi connectivity index (χ1n) is 5.16. The Hall–Kier alpha value is -2.15. The fraction of sp³-hybridized carbons (Fsp3) is 0.0833. The molecule has 1 heterocycles. The average molecular weight is 283 g/mol. The molecule has 0 radical (unpaired) electrons. The van der Waals surface area contributed by atoms with Crippen LogP contribution in [0.4, 0.5) is 14.5 Å². The molecular formula is C12H7F2NO3S. The predicted molar refractivity (Wildman–Crippen MR) is 65.4 cm³/mol. The SMILES string of the molecule is O=C(Cc1ccsc1)c1cc(F)c(F)cc1[N+](=O)[O-]. The molecule has 19 heavy (non-hydrogen) atoms. The van der Waals surface area contributed by atoms with Gasteiger partial charge in [-0.15, -0.1) is 0 Å². The van der Waals surface area contributed by atoms with Crippen LogP contribution in [0, 0.1) is 21.7 Å². The van der Waals surface area contributed by atoms with Gasteiger partial charge in [0.15, 0.2) is 17.4 Å². The zero-order valence-corrected chi connectivity index (χ0v) is 10.2. The number of carbonyl (C=O) groups excluding carboxylic acids is 1. The molecule has 4 nitrogen and oxygen atoms in total. The van der Waals surface area contributed by atoms with E-state index in [0.717, 1.165) is 0 Å². The molecule has 0 atom stereocenters. The Balaban J connectivity index is 2.40. The Morgan fingerprint density at radius 1 is 1.32 bits per heavy atom. The van der Waals surface area contributed by atoms with E-state index < -0.39 is 33.6 Å². The van der Waals surface area contributed by atoms with E-state index in [4.69, 9.17) is 0 Å². The van der Waals surface area contributed by atoms with Crippen LogP contribution in [-0.4, -0.2) is 10.7 Å². The number of ketones is 1. The van der Waals surface area contributed by atoms with Crippen molar-refractivity contribution in [3.63, 3.8) is 0 Å². The highest BCUT2D eigenvalue weighted by molar-refractivity contribution is 7.08. The lowest BCUT2D eigenvalue weighted by Crippen LogP contribution is -2.08. The lowest BCUT2D eigenvalue weighted by molar-refractivity contribution is -0.385. The summed E-state index contributed by atoms with van der Waals surface area (Å²) in [6.45, 7) is 0. The Morgan fingerprint density at radius 3 is 2.58 bits per heavy atom. The van der Waals surface area contributed by atoms with E-state index in [1.165, 1.54) is 11.3 Å². The monoisotopic (exact) mass is 283 g/mol. The number of rotatable bonds is 4. The second-order valence-electron chi connectivity index (χ2n) is 3.77. The summed E-state index contributed by atoms with van der Waals surface area (Å²) in [4.78, 5) is 21.8. The number of nitrogens with zero attached hydrogens (tertiary/aromatic N) is 1. The molecule has 0 aliphatic rings. The molecule has 0 spiro atoms. The Kier molecular flexibility index (Phi) is 3.66. The van der Waals surface area contributed by atoms with Crippen LogP contribution in [-0.2, 0) is 6.42 Å². The average Bonchev–Trinajstić information content (AvgIpc) is 2.84. The summed E-state index contributed by atoms with van der Waals surface area (Å²) in [5.41, 5.74) is -0.469. The van der Waals surface area contributed by atoms with E-state index in [-0.39, 0.29) is 6.42 Å². The molecule has 2 aromatic rings. The third kappa shape index (κ3) is 2.82. The fourth-order valence-corrected chi connectivity index (χ4v) is 2.25. The minimum Gasteiger partial charge on any atom is -0.294 e. The maximum absolute atomic E-state index is 13.1. The number of Topliss-reactive ketones (excluding diaryl/α,β-unsaturated/α-hetero) is 1. The highest BCUT2D eigenvalue weighted by Gasteiger charge is 2.23. The second-order valence-corrected chi connectivity index (χ2v) is 4.55. The van der Waals surface area contributed by atoms with Crippen molar-refractivity contribution in [1.29, 1.82) is 0 Å². The Bertz CT molecular complexity index is 641. The quantitative estimate of drug-likeness (QED) is 0.491. The summed E-state index contributed by atoms with van der Waals surface area (Å²) in [6, 6.07) is 2.69. The number of carbonyl (C=O) groups is 1. The van der Waals surface area contributed by atoms with Crippen molar-refractivity contribution in [1.82, 2.24) is 0 Å². The summed E-state index contributed by atoms with van der Waals surface area (Å²) >= 11 is 1.37. The molecule has 0 fully saturated rings. The van der Waals surface area contributed by atoms with Crippen LogP contribution in [0.5, 0.6) is 0 Å². The van der Waals surface area contributed by atoms with Crippen LogP contribution < -0.4 is 0 Å². The van der Waals surface area contributed by atoms with Crippen molar-refractivity contribution < 1.29 is 18.5 Å². The largest absolute Gasteiger partial charge is 0.294 e. The first kappa shape index (κ1) is 13.3. The van der Waals surface area contributed by atoms with Crippen LogP contribution in [0.1, 0.15) is 15.9 Å². The molecule has 0 unspecified atom stereocenters. The van der Waals surface area contributed by atoms with Gasteiger partial charge >= 0.3 is 0 Å². The standard InChI is InChI=1S/C12H7F2NO3S/c13-9-4-8(11(15(17)18)5-10(9)14)12(16)3-7-1-2-19-6-7/h1-2,4-6H,3H2. The van der Waals surface area contributed by atoms with E-state index in [1.807, 2.05) is 0 Å². The molecule has 0 saturated carbocycles.